The van der Waals surface area contributed by atoms with Crippen molar-refractivity contribution in [3.05, 3.63) is 83.4 Å². The number of amides is 1. The summed E-state index contributed by atoms with van der Waals surface area (Å²) in [6.07, 6.45) is 9.97. The van der Waals surface area contributed by atoms with Crippen LogP contribution in [0, 0.1) is 0 Å². The minimum absolute atomic E-state index is 0.0317. The molecule has 0 radical (unpaired) electrons. The van der Waals surface area contributed by atoms with Gasteiger partial charge in [-0.1, -0.05) is 80.3 Å². The Morgan fingerprint density at radius 1 is 0.900 bits per heavy atom. The number of carbonyl (C=O) groups excluding carboxylic acids is 2. The zero-order valence-electron chi connectivity index (χ0n) is 24.1. The summed E-state index contributed by atoms with van der Waals surface area (Å²) in [5, 5.41) is 6.54. The monoisotopic (exact) mass is 540 g/mol. The van der Waals surface area contributed by atoms with Crippen LogP contribution in [0.3, 0.4) is 0 Å². The van der Waals surface area contributed by atoms with Gasteiger partial charge in [0.1, 0.15) is 6.54 Å². The molecule has 2 saturated carbocycles. The van der Waals surface area contributed by atoms with E-state index in [1.165, 1.54) is 47.6 Å². The average Bonchev–Trinajstić information content (AvgIpc) is 3.00. The lowest BCUT2D eigenvalue weighted by atomic mass is 9.80. The van der Waals surface area contributed by atoms with Crippen LogP contribution in [0.1, 0.15) is 105 Å². The van der Waals surface area contributed by atoms with Gasteiger partial charge in [0, 0.05) is 23.7 Å². The molecule has 5 rings (SSSR count). The molecular weight excluding hydrogens is 496 g/mol. The van der Waals surface area contributed by atoms with Crippen LogP contribution >= 0.6 is 0 Å². The van der Waals surface area contributed by atoms with Crippen LogP contribution in [0.4, 0.5) is 0 Å². The number of hydrogen-bond acceptors (Lipinski definition) is 4. The number of ether oxygens (including phenoxy) is 1. The highest BCUT2D eigenvalue weighted by Gasteiger charge is 2.29. The Hall–Kier alpha value is -3.18. The molecule has 0 spiro atoms. The lowest BCUT2D eigenvalue weighted by molar-refractivity contribution is -0.144. The number of benzene rings is 3. The van der Waals surface area contributed by atoms with Gasteiger partial charge in [0.2, 0.25) is 0 Å². The van der Waals surface area contributed by atoms with Crippen LogP contribution in [0.25, 0.3) is 10.8 Å². The van der Waals surface area contributed by atoms with Gasteiger partial charge in [0.15, 0.2) is 0 Å². The van der Waals surface area contributed by atoms with E-state index in [4.69, 9.17) is 4.74 Å². The van der Waals surface area contributed by atoms with E-state index >= 15 is 0 Å². The maximum Gasteiger partial charge on any atom is 0.325 e. The van der Waals surface area contributed by atoms with Crippen molar-refractivity contribution in [2.24, 2.45) is 0 Å². The highest BCUT2D eigenvalue weighted by atomic mass is 16.5. The third-order valence-corrected chi connectivity index (χ3v) is 8.96. The molecule has 5 heteroatoms. The molecule has 2 aliphatic rings. The zero-order chi connectivity index (χ0) is 27.9. The van der Waals surface area contributed by atoms with Gasteiger partial charge in [-0.15, -0.1) is 0 Å². The van der Waals surface area contributed by atoms with Crippen molar-refractivity contribution in [2.45, 2.75) is 95.7 Å². The van der Waals surface area contributed by atoms with Gasteiger partial charge < -0.3 is 15.0 Å². The third kappa shape index (κ3) is 6.75. The van der Waals surface area contributed by atoms with E-state index in [0.29, 0.717) is 24.1 Å². The first kappa shape index (κ1) is 28.4. The molecule has 2 unspecified atom stereocenters. The summed E-state index contributed by atoms with van der Waals surface area (Å²) in [5.41, 5.74) is 3.32. The number of fused-ring (bicyclic) bond motifs is 1. The summed E-state index contributed by atoms with van der Waals surface area (Å²) in [6.45, 7) is 4.45. The fraction of sp³-hybridized carbons (Fsp3) is 0.486. The molecule has 5 nitrogen and oxygen atoms in total. The lowest BCUT2D eigenvalue weighted by Gasteiger charge is -2.34. The van der Waals surface area contributed by atoms with Gasteiger partial charge in [-0.3, -0.25) is 9.59 Å². The smallest absolute Gasteiger partial charge is 0.325 e. The minimum atomic E-state index is -0.323. The SMILES string of the molecule is CCOC(=O)CN(C(=O)c1ccc(C2CCCC(N[C@H](C)c3cccc4ccccc34)C2)cc1)C1CCCCC1. The molecule has 0 saturated heterocycles. The van der Waals surface area contributed by atoms with Crippen molar-refractivity contribution in [1.82, 2.24) is 10.2 Å². The summed E-state index contributed by atoms with van der Waals surface area (Å²) in [4.78, 5) is 27.7. The van der Waals surface area contributed by atoms with E-state index in [9.17, 15) is 9.59 Å². The molecule has 2 aliphatic carbocycles. The van der Waals surface area contributed by atoms with Crippen LogP contribution in [-0.2, 0) is 9.53 Å². The first-order valence-corrected chi connectivity index (χ1v) is 15.3. The van der Waals surface area contributed by atoms with Crippen LogP contribution in [0.15, 0.2) is 66.7 Å². The van der Waals surface area contributed by atoms with Gasteiger partial charge >= 0.3 is 5.97 Å². The standard InChI is InChI=1S/C35H44N2O3/c1-3-40-34(38)24-37(31-15-5-4-6-16-31)35(39)28-21-19-26(20-22-28)29-13-9-14-30(23-29)36-25(2)32-18-10-12-27-11-7-8-17-33(27)32/h7-8,10-12,17-22,25,29-31,36H,3-6,9,13-16,23-24H2,1-2H3/t25-,29?,30?/m1/s1. The molecular formula is C35H44N2O3. The maximum atomic E-state index is 13.6. The first-order valence-electron chi connectivity index (χ1n) is 15.3. The topological polar surface area (TPSA) is 58.6 Å². The second-order valence-electron chi connectivity index (χ2n) is 11.7. The van der Waals surface area contributed by atoms with Gasteiger partial charge in [-0.25, -0.2) is 0 Å². The molecule has 0 aliphatic heterocycles. The summed E-state index contributed by atoms with van der Waals surface area (Å²) in [6, 6.07) is 24.3. The Bertz CT molecular complexity index is 1280. The Labute approximate surface area is 239 Å². The van der Waals surface area contributed by atoms with Crippen molar-refractivity contribution in [3.63, 3.8) is 0 Å². The summed E-state index contributed by atoms with van der Waals surface area (Å²) in [5.74, 6) is 0.0965. The van der Waals surface area contributed by atoms with Gasteiger partial charge in [0.05, 0.1) is 6.61 Å². The van der Waals surface area contributed by atoms with Crippen molar-refractivity contribution in [2.75, 3.05) is 13.2 Å². The maximum absolute atomic E-state index is 13.6. The van der Waals surface area contributed by atoms with E-state index in [1.54, 1.807) is 11.8 Å². The molecule has 2 fully saturated rings. The number of esters is 1. The van der Waals surface area contributed by atoms with Gasteiger partial charge in [0.25, 0.3) is 5.91 Å². The predicted molar refractivity (Wildman–Crippen MR) is 161 cm³/mol. The van der Waals surface area contributed by atoms with Gasteiger partial charge in [-0.2, -0.15) is 0 Å². The second-order valence-corrected chi connectivity index (χ2v) is 11.7. The summed E-state index contributed by atoms with van der Waals surface area (Å²) < 4.78 is 5.20. The van der Waals surface area contributed by atoms with Gasteiger partial charge in [-0.05, 0) is 85.9 Å². The summed E-state index contributed by atoms with van der Waals surface area (Å²) in [7, 11) is 0. The fourth-order valence-electron chi connectivity index (χ4n) is 6.88. The number of nitrogens with one attached hydrogen (secondary N) is 1. The summed E-state index contributed by atoms with van der Waals surface area (Å²) >= 11 is 0. The normalized spacial score (nSPS) is 20.6. The van der Waals surface area contributed by atoms with E-state index < -0.39 is 0 Å². The fourth-order valence-corrected chi connectivity index (χ4v) is 6.88. The Morgan fingerprint density at radius 3 is 2.42 bits per heavy atom. The molecule has 1 amide bonds. The van der Waals surface area contributed by atoms with Crippen LogP contribution < -0.4 is 5.32 Å². The minimum Gasteiger partial charge on any atom is -0.465 e. The second kappa shape index (κ2) is 13.5. The largest absolute Gasteiger partial charge is 0.465 e. The predicted octanol–water partition coefficient (Wildman–Crippen LogP) is 7.55. The van der Waals surface area contributed by atoms with Crippen molar-refractivity contribution in [3.8, 4) is 0 Å². The zero-order valence-corrected chi connectivity index (χ0v) is 24.1. The molecule has 0 bridgehead atoms. The molecule has 3 atom stereocenters. The molecule has 3 aromatic carbocycles. The Balaban J connectivity index is 1.24. The van der Waals surface area contributed by atoms with Crippen molar-refractivity contribution < 1.29 is 14.3 Å². The Kier molecular flexibility index (Phi) is 9.53. The number of rotatable bonds is 9. The van der Waals surface area contributed by atoms with Crippen LogP contribution in [0.5, 0.6) is 0 Å². The van der Waals surface area contributed by atoms with E-state index in [0.717, 1.165) is 32.1 Å². The average molecular weight is 541 g/mol. The highest BCUT2D eigenvalue weighted by Crippen LogP contribution is 2.35. The molecule has 3 aromatic rings. The number of hydrogen-bond donors (Lipinski definition) is 1. The van der Waals surface area contributed by atoms with Crippen molar-refractivity contribution >= 4 is 22.6 Å². The Morgan fingerprint density at radius 2 is 1.65 bits per heavy atom. The first-order chi connectivity index (χ1) is 19.5. The number of nitrogens with zero attached hydrogens (tertiary/aromatic N) is 1. The molecule has 0 aromatic heterocycles. The third-order valence-electron chi connectivity index (χ3n) is 8.96. The van der Waals surface area contributed by atoms with Crippen LogP contribution in [-0.4, -0.2) is 42.0 Å². The van der Waals surface area contributed by atoms with E-state index in [1.807, 2.05) is 12.1 Å². The molecule has 1 N–H and O–H groups in total. The van der Waals surface area contributed by atoms with E-state index in [-0.39, 0.29) is 30.5 Å². The molecule has 212 valence electrons. The molecule has 0 heterocycles. The quantitative estimate of drug-likeness (QED) is 0.285. The number of carbonyl (C=O) groups is 2. The molecule has 40 heavy (non-hydrogen) atoms. The van der Waals surface area contributed by atoms with E-state index in [2.05, 4.69) is 66.8 Å². The van der Waals surface area contributed by atoms with Crippen LogP contribution in [0.2, 0.25) is 0 Å². The lowest BCUT2D eigenvalue weighted by Crippen LogP contribution is -2.44. The van der Waals surface area contributed by atoms with Crippen molar-refractivity contribution in [1.29, 1.82) is 0 Å². The highest BCUT2D eigenvalue weighted by molar-refractivity contribution is 5.96.